The van der Waals surface area contributed by atoms with Crippen LogP contribution in [0.2, 0.25) is 0 Å². The average Bonchev–Trinajstić information content (AvgIpc) is 3.17. The van der Waals surface area contributed by atoms with E-state index in [1.54, 1.807) is 24.3 Å². The van der Waals surface area contributed by atoms with Crippen LogP contribution in [0.15, 0.2) is 72.8 Å². The van der Waals surface area contributed by atoms with Gasteiger partial charge in [0.25, 0.3) is 0 Å². The lowest BCUT2D eigenvalue weighted by molar-refractivity contribution is -0.114. The molecule has 18 nitrogen and oxygen atoms in total. The Balaban J connectivity index is 0.000000725. The van der Waals surface area contributed by atoms with Crippen molar-refractivity contribution in [3.8, 4) is 0 Å². The molecule has 4 amide bonds. The Hall–Kier alpha value is -4.78. The standard InChI is InChI=1S/C10H22N4O5.C9H8INO3.C9H10INO.C7H7NO2/c11-1-3-13-9(15)18-7-5-17-6-8-19-10(16)14-4-2-12;10-5-8(12)11-7-3-1-6(2-4-7)9(13)14;1-7-2-4-8(5-3-7)11-9(12)6-10;8-6-3-1-5(2-4-6)7(9)10/h1-8,11-12H2,(H,13,15)(H,14,16);1-4H,5H2,(H,11,12)(H,13,14);2-5H,6H2,1H3,(H,11,12);1-4H,8H2,(H,9,10). The number of halogens is 2. The molecule has 12 N–H and O–H groups in total. The van der Waals surface area contributed by atoms with E-state index in [0.717, 1.165) is 5.69 Å². The van der Waals surface area contributed by atoms with E-state index >= 15 is 0 Å². The van der Waals surface area contributed by atoms with Crippen LogP contribution in [0.1, 0.15) is 26.3 Å². The SMILES string of the molecule is Cc1ccc(NC(=O)CI)cc1.NCCNC(=O)OCCOCCOC(=O)NCCN.Nc1ccc(C(=O)O)cc1.O=C(CI)Nc1ccc(C(=O)O)cc1. The van der Waals surface area contributed by atoms with Crippen molar-refractivity contribution in [2.45, 2.75) is 6.92 Å². The number of aryl methyl sites for hydroxylation is 1. The highest BCUT2D eigenvalue weighted by Crippen LogP contribution is 2.10. The number of amides is 4. The van der Waals surface area contributed by atoms with Gasteiger partial charge in [-0.2, -0.15) is 0 Å². The number of hydrogen-bond donors (Lipinski definition) is 9. The summed E-state index contributed by atoms with van der Waals surface area (Å²) < 4.78 is 15.5. The summed E-state index contributed by atoms with van der Waals surface area (Å²) in [6, 6.07) is 19.8. The zero-order chi connectivity index (χ0) is 41.4. The Morgan fingerprint density at radius 2 is 0.964 bits per heavy atom. The van der Waals surface area contributed by atoms with Gasteiger partial charge in [0.05, 0.1) is 33.2 Å². The summed E-state index contributed by atoms with van der Waals surface area (Å²) in [7, 11) is 0. The van der Waals surface area contributed by atoms with E-state index < -0.39 is 24.1 Å². The molecule has 3 rings (SSSR count). The maximum Gasteiger partial charge on any atom is 0.407 e. The molecule has 0 aliphatic rings. The highest BCUT2D eigenvalue weighted by Gasteiger charge is 2.04. The highest BCUT2D eigenvalue weighted by molar-refractivity contribution is 14.1. The Morgan fingerprint density at radius 3 is 1.31 bits per heavy atom. The summed E-state index contributed by atoms with van der Waals surface area (Å²) in [6.45, 7) is 4.16. The minimum atomic E-state index is -0.975. The van der Waals surface area contributed by atoms with Gasteiger partial charge in [0.1, 0.15) is 13.2 Å². The number of rotatable bonds is 16. The molecule has 0 heterocycles. The minimum Gasteiger partial charge on any atom is -0.478 e. The summed E-state index contributed by atoms with van der Waals surface area (Å²) in [6.07, 6.45) is -1.07. The minimum absolute atomic E-state index is 0.0412. The first-order valence-corrected chi connectivity index (χ1v) is 19.3. The van der Waals surface area contributed by atoms with Crippen molar-refractivity contribution in [3.63, 3.8) is 0 Å². The molecule has 3 aromatic rings. The molecular formula is C35H47I2N7O11. The van der Waals surface area contributed by atoms with Crippen LogP contribution in [0, 0.1) is 6.92 Å². The Labute approximate surface area is 345 Å². The van der Waals surface area contributed by atoms with Gasteiger partial charge >= 0.3 is 24.1 Å². The summed E-state index contributed by atoms with van der Waals surface area (Å²) in [5.41, 5.74) is 19.4. The van der Waals surface area contributed by atoms with Crippen molar-refractivity contribution in [2.75, 3.05) is 77.8 Å². The maximum atomic E-state index is 11.0. The molecule has 0 unspecified atom stereocenters. The van der Waals surface area contributed by atoms with Gasteiger partial charge in [0, 0.05) is 43.2 Å². The van der Waals surface area contributed by atoms with Gasteiger partial charge in [-0.1, -0.05) is 62.9 Å². The third-order valence-corrected chi connectivity index (χ3v) is 7.29. The van der Waals surface area contributed by atoms with Crippen LogP contribution >= 0.6 is 45.2 Å². The van der Waals surface area contributed by atoms with E-state index in [4.69, 9.17) is 41.6 Å². The predicted molar refractivity (Wildman–Crippen MR) is 225 cm³/mol. The van der Waals surface area contributed by atoms with Crippen LogP contribution in [0.3, 0.4) is 0 Å². The Kier molecular flexibility index (Phi) is 28.8. The number of carboxylic acids is 2. The molecule has 0 aromatic heterocycles. The lowest BCUT2D eigenvalue weighted by Crippen LogP contribution is -2.31. The number of nitrogens with one attached hydrogen (secondary N) is 4. The van der Waals surface area contributed by atoms with Crippen molar-refractivity contribution in [1.82, 2.24) is 10.6 Å². The van der Waals surface area contributed by atoms with Crippen molar-refractivity contribution in [3.05, 3.63) is 89.5 Å². The van der Waals surface area contributed by atoms with Gasteiger partial charge in [-0.05, 0) is 67.6 Å². The van der Waals surface area contributed by atoms with Crippen molar-refractivity contribution in [1.29, 1.82) is 0 Å². The van der Waals surface area contributed by atoms with Gasteiger partial charge < -0.3 is 62.9 Å². The van der Waals surface area contributed by atoms with Crippen LogP contribution < -0.4 is 38.5 Å². The highest BCUT2D eigenvalue weighted by atomic mass is 127. The molecule has 0 saturated carbocycles. The quantitative estimate of drug-likeness (QED) is 0.0430. The van der Waals surface area contributed by atoms with Crippen LogP contribution in [-0.2, 0) is 23.8 Å². The first kappa shape index (κ1) is 50.2. The van der Waals surface area contributed by atoms with Crippen molar-refractivity contribution >= 4 is 98.2 Å². The van der Waals surface area contributed by atoms with Gasteiger partial charge in [-0.25, -0.2) is 19.2 Å². The molecule has 302 valence electrons. The van der Waals surface area contributed by atoms with E-state index in [1.165, 1.54) is 29.8 Å². The molecule has 55 heavy (non-hydrogen) atoms. The number of nitrogens with two attached hydrogens (primary N) is 3. The van der Waals surface area contributed by atoms with Crippen LogP contribution in [0.4, 0.5) is 26.7 Å². The molecule has 0 radical (unpaired) electrons. The van der Waals surface area contributed by atoms with Crippen LogP contribution in [0.5, 0.6) is 0 Å². The Morgan fingerprint density at radius 1 is 0.600 bits per heavy atom. The zero-order valence-corrected chi connectivity index (χ0v) is 34.4. The number of anilines is 3. The van der Waals surface area contributed by atoms with Gasteiger partial charge in [0.2, 0.25) is 11.8 Å². The number of benzene rings is 3. The summed E-state index contributed by atoms with van der Waals surface area (Å²) in [5.74, 6) is -1.97. The number of carbonyl (C=O) groups is 6. The molecule has 0 fully saturated rings. The van der Waals surface area contributed by atoms with E-state index in [9.17, 15) is 28.8 Å². The third-order valence-electron chi connectivity index (χ3n) is 5.90. The third kappa shape index (κ3) is 27.5. The van der Waals surface area contributed by atoms with Gasteiger partial charge in [-0.3, -0.25) is 9.59 Å². The number of aromatic carboxylic acids is 2. The maximum absolute atomic E-state index is 11.0. The first-order chi connectivity index (χ1) is 26.3. The molecule has 3 aromatic carbocycles. The molecule has 0 bridgehead atoms. The van der Waals surface area contributed by atoms with E-state index in [-0.39, 0.29) is 49.4 Å². The first-order valence-electron chi connectivity index (χ1n) is 16.3. The van der Waals surface area contributed by atoms with E-state index in [0.29, 0.717) is 46.4 Å². The smallest absolute Gasteiger partial charge is 0.407 e. The van der Waals surface area contributed by atoms with Crippen molar-refractivity contribution < 1.29 is 53.2 Å². The number of alkyl carbamates (subject to hydrolysis) is 2. The fourth-order valence-corrected chi connectivity index (χ4v) is 3.67. The second-order valence-corrected chi connectivity index (χ2v) is 11.9. The summed E-state index contributed by atoms with van der Waals surface area (Å²) in [5, 5.41) is 27.3. The number of hydrogen-bond acceptors (Lipinski definition) is 12. The molecule has 0 aliphatic heterocycles. The topological polar surface area (TPSA) is 297 Å². The molecule has 0 atom stereocenters. The number of alkyl halides is 2. The van der Waals surface area contributed by atoms with Gasteiger partial charge in [-0.15, -0.1) is 0 Å². The summed E-state index contributed by atoms with van der Waals surface area (Å²) >= 11 is 3.99. The lowest BCUT2D eigenvalue weighted by Gasteiger charge is -2.08. The number of ether oxygens (including phenoxy) is 3. The number of carbonyl (C=O) groups excluding carboxylic acids is 4. The molecule has 0 saturated heterocycles. The summed E-state index contributed by atoms with van der Waals surface area (Å²) in [4.78, 5) is 64.6. The normalized spacial score (nSPS) is 9.55. The van der Waals surface area contributed by atoms with Gasteiger partial charge in [0.15, 0.2) is 0 Å². The molecule has 0 aliphatic carbocycles. The fourth-order valence-electron chi connectivity index (χ4n) is 3.29. The van der Waals surface area contributed by atoms with Crippen LogP contribution in [0.25, 0.3) is 0 Å². The molecule has 0 spiro atoms. The second-order valence-electron chi connectivity index (χ2n) is 10.4. The Bertz CT molecular complexity index is 1560. The van der Waals surface area contributed by atoms with E-state index in [1.807, 2.05) is 76.4 Å². The number of nitrogen functional groups attached to an aromatic ring is 1. The van der Waals surface area contributed by atoms with E-state index in [2.05, 4.69) is 21.3 Å². The lowest BCUT2D eigenvalue weighted by atomic mass is 10.2. The predicted octanol–water partition coefficient (Wildman–Crippen LogP) is 3.47. The van der Waals surface area contributed by atoms with Crippen molar-refractivity contribution in [2.24, 2.45) is 11.5 Å². The monoisotopic (exact) mass is 995 g/mol. The largest absolute Gasteiger partial charge is 0.478 e. The van der Waals surface area contributed by atoms with Crippen LogP contribution in [-0.4, -0.2) is 108 Å². The molecule has 20 heteroatoms. The second kappa shape index (κ2) is 31.6. The molecular weight excluding hydrogens is 948 g/mol. The average molecular weight is 996 g/mol. The number of carboxylic acid groups (broad SMARTS) is 2. The zero-order valence-electron chi connectivity index (χ0n) is 30.1. The fraction of sp³-hybridized carbons (Fsp3) is 0.314.